The molecule has 0 spiro atoms. The fourth-order valence-electron chi connectivity index (χ4n) is 3.33. The summed E-state index contributed by atoms with van der Waals surface area (Å²) in [6.45, 7) is 0.707. The van der Waals surface area contributed by atoms with E-state index in [2.05, 4.69) is 11.4 Å². The van der Waals surface area contributed by atoms with E-state index in [1.807, 2.05) is 35.2 Å². The van der Waals surface area contributed by atoms with E-state index >= 15 is 0 Å². The third-order valence-corrected chi connectivity index (χ3v) is 5.64. The summed E-state index contributed by atoms with van der Waals surface area (Å²) in [4.78, 5) is 16.2. The second kappa shape index (κ2) is 7.22. The second-order valence-electron chi connectivity index (χ2n) is 6.15. The Kier molecular flexibility index (Phi) is 4.63. The molecule has 3 aromatic rings. The van der Waals surface area contributed by atoms with Gasteiger partial charge >= 0.3 is 0 Å². The van der Waals surface area contributed by atoms with E-state index in [1.165, 1.54) is 10.4 Å². The highest BCUT2D eigenvalue weighted by Gasteiger charge is 2.31. The number of thiophene rings is 1. The Morgan fingerprint density at radius 3 is 2.85 bits per heavy atom. The van der Waals surface area contributed by atoms with Crippen LogP contribution < -0.4 is 4.74 Å². The van der Waals surface area contributed by atoms with Gasteiger partial charge in [-0.05, 0) is 53.3 Å². The monoisotopic (exact) mass is 365 g/mol. The summed E-state index contributed by atoms with van der Waals surface area (Å²) in [5.74, 6) is 0.816. The summed E-state index contributed by atoms with van der Waals surface area (Å²) >= 11 is 1.76. The van der Waals surface area contributed by atoms with Crippen molar-refractivity contribution in [2.75, 3.05) is 13.7 Å². The maximum absolute atomic E-state index is 12.9. The number of ether oxygens (including phenoxy) is 1. The van der Waals surface area contributed by atoms with Crippen molar-refractivity contribution in [1.82, 2.24) is 4.90 Å². The fraction of sp³-hybridized carbons (Fsp3) is 0.190. The number of benzene rings is 1. The molecule has 0 bridgehead atoms. The highest BCUT2D eigenvalue weighted by Crippen LogP contribution is 2.38. The van der Waals surface area contributed by atoms with Crippen LogP contribution in [0.1, 0.15) is 27.6 Å². The van der Waals surface area contributed by atoms with Crippen LogP contribution in [0.25, 0.3) is 6.08 Å². The zero-order chi connectivity index (χ0) is 17.9. The largest absolute Gasteiger partial charge is 0.497 e. The van der Waals surface area contributed by atoms with Gasteiger partial charge in [-0.3, -0.25) is 4.79 Å². The molecule has 4 nitrogen and oxygen atoms in total. The smallest absolute Gasteiger partial charge is 0.247 e. The van der Waals surface area contributed by atoms with Crippen LogP contribution >= 0.6 is 11.3 Å². The molecule has 1 unspecified atom stereocenters. The molecule has 0 saturated carbocycles. The Bertz CT molecular complexity index is 909. The van der Waals surface area contributed by atoms with Gasteiger partial charge in [-0.25, -0.2) is 0 Å². The van der Waals surface area contributed by atoms with Gasteiger partial charge in [0.1, 0.15) is 5.75 Å². The van der Waals surface area contributed by atoms with Crippen LogP contribution in [0.5, 0.6) is 5.75 Å². The van der Waals surface area contributed by atoms with E-state index in [4.69, 9.17) is 9.15 Å². The van der Waals surface area contributed by atoms with E-state index < -0.39 is 0 Å². The number of carbonyl (C=O) groups is 1. The molecule has 1 aliphatic heterocycles. The number of rotatable bonds is 4. The summed E-state index contributed by atoms with van der Waals surface area (Å²) < 4.78 is 10.3. The van der Waals surface area contributed by atoms with Crippen LogP contribution in [0.3, 0.4) is 0 Å². The lowest BCUT2D eigenvalue weighted by molar-refractivity contribution is -0.127. The van der Waals surface area contributed by atoms with E-state index in [0.717, 1.165) is 23.3 Å². The van der Waals surface area contributed by atoms with Crippen LogP contribution in [-0.2, 0) is 11.2 Å². The molecule has 1 atom stereocenters. The maximum atomic E-state index is 12.9. The van der Waals surface area contributed by atoms with E-state index in [0.29, 0.717) is 6.54 Å². The summed E-state index contributed by atoms with van der Waals surface area (Å²) in [5, 5.41) is 2.11. The van der Waals surface area contributed by atoms with E-state index in [1.54, 1.807) is 43.1 Å². The molecule has 1 aliphatic rings. The van der Waals surface area contributed by atoms with Crippen molar-refractivity contribution < 1.29 is 13.9 Å². The van der Waals surface area contributed by atoms with Crippen LogP contribution in [0.2, 0.25) is 0 Å². The number of nitrogens with zero attached hydrogens (tertiary/aromatic N) is 1. The summed E-state index contributed by atoms with van der Waals surface area (Å²) in [7, 11) is 1.66. The van der Waals surface area contributed by atoms with Gasteiger partial charge < -0.3 is 14.1 Å². The second-order valence-corrected chi connectivity index (χ2v) is 7.15. The van der Waals surface area contributed by atoms with Crippen molar-refractivity contribution in [2.24, 2.45) is 0 Å². The Morgan fingerprint density at radius 2 is 2.12 bits per heavy atom. The minimum Gasteiger partial charge on any atom is -0.497 e. The van der Waals surface area contributed by atoms with Crippen LogP contribution in [-0.4, -0.2) is 24.5 Å². The Morgan fingerprint density at radius 1 is 1.27 bits per heavy atom. The molecule has 0 N–H and O–H groups in total. The third kappa shape index (κ3) is 3.18. The molecule has 1 amide bonds. The number of fused-ring (bicyclic) bond motifs is 1. The first kappa shape index (κ1) is 16.7. The molecule has 0 saturated heterocycles. The maximum Gasteiger partial charge on any atom is 0.247 e. The molecular weight excluding hydrogens is 346 g/mol. The van der Waals surface area contributed by atoms with Gasteiger partial charge in [0.25, 0.3) is 0 Å². The van der Waals surface area contributed by atoms with Gasteiger partial charge in [-0.1, -0.05) is 12.1 Å². The van der Waals surface area contributed by atoms with Crippen molar-refractivity contribution in [3.8, 4) is 5.75 Å². The average Bonchev–Trinajstić information content (AvgIpc) is 3.37. The van der Waals surface area contributed by atoms with Crippen molar-refractivity contribution in [3.05, 3.63) is 81.9 Å². The van der Waals surface area contributed by atoms with Crippen molar-refractivity contribution in [3.63, 3.8) is 0 Å². The fourth-order valence-corrected chi connectivity index (χ4v) is 4.24. The normalized spacial score (nSPS) is 16.7. The van der Waals surface area contributed by atoms with Gasteiger partial charge in [-0.2, -0.15) is 0 Å². The first-order chi connectivity index (χ1) is 12.8. The zero-order valence-electron chi connectivity index (χ0n) is 14.4. The van der Waals surface area contributed by atoms with Crippen molar-refractivity contribution in [2.45, 2.75) is 12.5 Å². The van der Waals surface area contributed by atoms with Crippen molar-refractivity contribution in [1.29, 1.82) is 0 Å². The lowest BCUT2D eigenvalue weighted by Gasteiger charge is -2.35. The van der Waals surface area contributed by atoms with Gasteiger partial charge in [0.2, 0.25) is 5.91 Å². The predicted molar refractivity (Wildman–Crippen MR) is 102 cm³/mol. The highest BCUT2D eigenvalue weighted by molar-refractivity contribution is 7.10. The van der Waals surface area contributed by atoms with Crippen LogP contribution in [0.15, 0.2) is 64.8 Å². The molecular formula is C21H19NO3S. The van der Waals surface area contributed by atoms with Crippen LogP contribution in [0.4, 0.5) is 0 Å². The standard InChI is InChI=1S/C21H19NO3S/c1-24-17-5-3-16(4-6-17)21-18-10-13-26-19(18)8-11-22(21)20(23)7-2-15-9-12-25-14-15/h2-7,9-10,12-14,21H,8,11H2,1H3/b7-2+. The first-order valence-electron chi connectivity index (χ1n) is 8.47. The quantitative estimate of drug-likeness (QED) is 0.638. The SMILES string of the molecule is COc1ccc(C2c3ccsc3CCN2C(=O)/C=C/c2ccoc2)cc1. The Hall–Kier alpha value is -2.79. The van der Waals surface area contributed by atoms with Gasteiger partial charge in [0, 0.05) is 23.1 Å². The number of methoxy groups -OCH3 is 1. The number of hydrogen-bond acceptors (Lipinski definition) is 4. The molecule has 0 aliphatic carbocycles. The molecule has 5 heteroatoms. The van der Waals surface area contributed by atoms with Crippen molar-refractivity contribution >= 4 is 23.3 Å². The molecule has 132 valence electrons. The van der Waals surface area contributed by atoms with Crippen LogP contribution in [0, 0.1) is 0 Å². The number of carbonyl (C=O) groups excluding carboxylic acids is 1. The van der Waals surface area contributed by atoms with E-state index in [-0.39, 0.29) is 11.9 Å². The molecule has 1 aromatic carbocycles. The summed E-state index contributed by atoms with van der Waals surface area (Å²) in [5.41, 5.74) is 3.19. The first-order valence-corrected chi connectivity index (χ1v) is 9.35. The number of amides is 1. The minimum absolute atomic E-state index is 0.00358. The van der Waals surface area contributed by atoms with Gasteiger partial charge in [-0.15, -0.1) is 11.3 Å². The Labute approximate surface area is 156 Å². The minimum atomic E-state index is -0.0718. The molecule has 4 rings (SSSR count). The molecule has 0 radical (unpaired) electrons. The Balaban J connectivity index is 1.67. The summed E-state index contributed by atoms with van der Waals surface area (Å²) in [6.07, 6.45) is 7.53. The lowest BCUT2D eigenvalue weighted by atomic mass is 9.93. The third-order valence-electron chi connectivity index (χ3n) is 4.64. The molecule has 26 heavy (non-hydrogen) atoms. The lowest BCUT2D eigenvalue weighted by Crippen LogP contribution is -2.39. The van der Waals surface area contributed by atoms with Gasteiger partial charge in [0.05, 0.1) is 25.7 Å². The molecule has 3 heterocycles. The number of hydrogen-bond donors (Lipinski definition) is 0. The van der Waals surface area contributed by atoms with Gasteiger partial charge in [0.15, 0.2) is 0 Å². The highest BCUT2D eigenvalue weighted by atomic mass is 32.1. The average molecular weight is 365 g/mol. The summed E-state index contributed by atoms with van der Waals surface area (Å²) in [6, 6.07) is 11.9. The van der Waals surface area contributed by atoms with E-state index in [9.17, 15) is 4.79 Å². The predicted octanol–water partition coefficient (Wildman–Crippen LogP) is 4.54. The zero-order valence-corrected chi connectivity index (χ0v) is 15.2. The molecule has 2 aromatic heterocycles. The topological polar surface area (TPSA) is 42.7 Å². The molecule has 0 fully saturated rings. The number of furan rings is 1.